The first-order valence-electron chi connectivity index (χ1n) is 8.61. The Morgan fingerprint density at radius 3 is 2.44 bits per heavy atom. The van der Waals surface area contributed by atoms with Gasteiger partial charge in [-0.05, 0) is 29.9 Å². The molecule has 27 heavy (non-hydrogen) atoms. The minimum atomic E-state index is -2.60. The van der Waals surface area contributed by atoms with Gasteiger partial charge >= 0.3 is 6.09 Å². The molecule has 1 aromatic rings. The van der Waals surface area contributed by atoms with Crippen molar-refractivity contribution >= 4 is 28.3 Å². The van der Waals surface area contributed by atoms with E-state index in [1.807, 2.05) is 0 Å². The van der Waals surface area contributed by atoms with Gasteiger partial charge in [0.15, 0.2) is 0 Å². The van der Waals surface area contributed by atoms with Crippen LogP contribution in [0.15, 0.2) is 12.1 Å². The summed E-state index contributed by atoms with van der Waals surface area (Å²) in [6.45, 7) is 1.54. The second-order valence-electron chi connectivity index (χ2n) is 7.37. The molecule has 2 amide bonds. The minimum absolute atomic E-state index is 0.0500. The summed E-state index contributed by atoms with van der Waals surface area (Å²) in [7, 11) is -2.60. The highest BCUT2D eigenvalue weighted by atomic mass is 32.3. The molecule has 148 valence electrons. The second-order valence-corrected chi connectivity index (χ2v) is 9.64. The standard InChI is InChI=1S/C17H20F2N2O5S/c1-8(22)20-4-10-5-21(17(23)26-10)9-2-13(18)16(14(19)3-9)15-11-6-27(24,25)7-12(11)15/h2-3,10-12,15,24-25H,4-7H2,1H3,(H,20,22)/t10-,11-,12+,15?/m0/s1. The van der Waals surface area contributed by atoms with Crippen LogP contribution in [-0.4, -0.2) is 51.8 Å². The first-order valence-corrected chi connectivity index (χ1v) is 10.5. The molecule has 0 spiro atoms. The Kier molecular flexibility index (Phi) is 4.32. The monoisotopic (exact) mass is 402 g/mol. The largest absolute Gasteiger partial charge is 0.442 e. The number of hydrogen-bond acceptors (Lipinski definition) is 5. The van der Waals surface area contributed by atoms with Crippen molar-refractivity contribution in [3.63, 3.8) is 0 Å². The van der Waals surface area contributed by atoms with Gasteiger partial charge in [-0.15, -0.1) is 0 Å². The molecular formula is C17H20F2N2O5S. The van der Waals surface area contributed by atoms with Crippen LogP contribution in [0.2, 0.25) is 0 Å². The van der Waals surface area contributed by atoms with Crippen LogP contribution in [0.5, 0.6) is 0 Å². The number of fused-ring (bicyclic) bond motifs is 1. The predicted octanol–water partition coefficient (Wildman–Crippen LogP) is 2.52. The zero-order valence-electron chi connectivity index (χ0n) is 14.5. The van der Waals surface area contributed by atoms with Crippen LogP contribution in [0.25, 0.3) is 0 Å². The normalized spacial score (nSPS) is 32.0. The average molecular weight is 402 g/mol. The lowest BCUT2D eigenvalue weighted by Gasteiger charge is -2.29. The third-order valence-electron chi connectivity index (χ3n) is 5.41. The highest BCUT2D eigenvalue weighted by Crippen LogP contribution is 2.69. The maximum atomic E-state index is 14.6. The van der Waals surface area contributed by atoms with E-state index in [9.17, 15) is 27.5 Å². The third-order valence-corrected chi connectivity index (χ3v) is 7.25. The Morgan fingerprint density at radius 2 is 1.89 bits per heavy atom. The molecule has 1 unspecified atom stereocenters. The van der Waals surface area contributed by atoms with Crippen LogP contribution in [0.4, 0.5) is 19.3 Å². The number of halogens is 2. The summed E-state index contributed by atoms with van der Waals surface area (Å²) < 4.78 is 53.8. The number of nitrogens with one attached hydrogen (secondary N) is 1. The maximum absolute atomic E-state index is 14.6. The van der Waals surface area contributed by atoms with E-state index in [2.05, 4.69) is 5.32 Å². The van der Waals surface area contributed by atoms with Gasteiger partial charge in [-0.2, -0.15) is 10.6 Å². The van der Waals surface area contributed by atoms with E-state index in [1.165, 1.54) is 6.92 Å². The van der Waals surface area contributed by atoms with Gasteiger partial charge in [0.1, 0.15) is 17.7 Å². The van der Waals surface area contributed by atoms with Gasteiger partial charge in [-0.3, -0.25) is 18.8 Å². The van der Waals surface area contributed by atoms with Crippen LogP contribution >= 0.6 is 10.6 Å². The summed E-state index contributed by atoms with van der Waals surface area (Å²) in [6, 6.07) is 2.21. The molecule has 7 nitrogen and oxygen atoms in total. The Bertz CT molecular complexity index is 784. The Morgan fingerprint density at radius 1 is 1.30 bits per heavy atom. The molecule has 0 bridgehead atoms. The van der Waals surface area contributed by atoms with Gasteiger partial charge in [-0.25, -0.2) is 13.6 Å². The van der Waals surface area contributed by atoms with Gasteiger partial charge in [0.05, 0.1) is 18.8 Å². The lowest BCUT2D eigenvalue weighted by Crippen LogP contribution is -2.33. The van der Waals surface area contributed by atoms with Crippen LogP contribution in [0, 0.1) is 23.5 Å². The lowest BCUT2D eigenvalue weighted by atomic mass is 10.1. The summed E-state index contributed by atoms with van der Waals surface area (Å²) in [5, 5.41) is 2.53. The molecule has 1 saturated carbocycles. The van der Waals surface area contributed by atoms with E-state index in [-0.39, 0.29) is 59.5 Å². The van der Waals surface area contributed by atoms with Gasteiger partial charge < -0.3 is 10.1 Å². The third kappa shape index (κ3) is 3.37. The number of rotatable bonds is 4. The van der Waals surface area contributed by atoms with Crippen LogP contribution in [0.3, 0.4) is 0 Å². The van der Waals surface area contributed by atoms with E-state index in [4.69, 9.17) is 4.74 Å². The zero-order valence-corrected chi connectivity index (χ0v) is 15.3. The van der Waals surface area contributed by atoms with Crippen molar-refractivity contribution < 1.29 is 32.2 Å². The molecule has 2 aliphatic heterocycles. The predicted molar refractivity (Wildman–Crippen MR) is 95.0 cm³/mol. The molecule has 2 saturated heterocycles. The zero-order chi connectivity index (χ0) is 19.5. The number of amides is 2. The molecule has 3 fully saturated rings. The smallest absolute Gasteiger partial charge is 0.414 e. The molecule has 2 heterocycles. The Hall–Kier alpha value is -1.91. The number of hydrogen-bond donors (Lipinski definition) is 3. The average Bonchev–Trinajstić information content (AvgIpc) is 2.90. The van der Waals surface area contributed by atoms with Gasteiger partial charge in [-0.1, -0.05) is 0 Å². The van der Waals surface area contributed by atoms with E-state index in [0.717, 1.165) is 17.0 Å². The molecule has 3 N–H and O–H groups in total. The summed E-state index contributed by atoms with van der Waals surface area (Å²) in [4.78, 5) is 24.1. The summed E-state index contributed by atoms with van der Waals surface area (Å²) in [5.74, 6) is -1.96. The molecule has 10 heteroatoms. The number of anilines is 1. The molecule has 0 radical (unpaired) electrons. The second kappa shape index (κ2) is 6.32. The van der Waals surface area contributed by atoms with Gasteiger partial charge in [0.2, 0.25) is 5.91 Å². The Balaban J connectivity index is 1.50. The highest BCUT2D eigenvalue weighted by molar-refractivity contribution is 8.24. The SMILES string of the molecule is CC(=O)NC[C@H]1CN(c2cc(F)c(C3[C@H]4CS(O)(O)C[C@@H]34)c(F)c2)C(=O)O1. The van der Waals surface area contributed by atoms with E-state index < -0.39 is 34.4 Å². The molecule has 4 atom stereocenters. The summed E-state index contributed by atoms with van der Waals surface area (Å²) in [5.41, 5.74) is 0.00480. The first-order chi connectivity index (χ1) is 12.7. The van der Waals surface area contributed by atoms with E-state index >= 15 is 0 Å². The number of cyclic esters (lactones) is 1. The number of carbonyl (C=O) groups is 2. The topological polar surface area (TPSA) is 99.1 Å². The molecule has 1 aliphatic carbocycles. The van der Waals surface area contributed by atoms with Crippen molar-refractivity contribution in [1.82, 2.24) is 5.32 Å². The van der Waals surface area contributed by atoms with Gasteiger partial charge in [0, 0.05) is 24.0 Å². The quantitative estimate of drug-likeness (QED) is 0.719. The van der Waals surface area contributed by atoms with Crippen LogP contribution < -0.4 is 10.2 Å². The maximum Gasteiger partial charge on any atom is 0.414 e. The van der Waals surface area contributed by atoms with Crippen molar-refractivity contribution in [3.8, 4) is 0 Å². The first kappa shape index (κ1) is 18.5. The van der Waals surface area contributed by atoms with Crippen LogP contribution in [0.1, 0.15) is 18.4 Å². The molecule has 1 aromatic carbocycles. The number of benzene rings is 1. The van der Waals surface area contributed by atoms with E-state index in [0.29, 0.717) is 0 Å². The molecule has 0 aromatic heterocycles. The van der Waals surface area contributed by atoms with Crippen molar-refractivity contribution in [2.75, 3.05) is 29.5 Å². The Labute approximate surface area is 156 Å². The number of ether oxygens (including phenoxy) is 1. The fraction of sp³-hybridized carbons (Fsp3) is 0.529. The van der Waals surface area contributed by atoms with Gasteiger partial charge in [0.25, 0.3) is 0 Å². The minimum Gasteiger partial charge on any atom is -0.442 e. The number of carbonyl (C=O) groups excluding carboxylic acids is 2. The van der Waals surface area contributed by atoms with Crippen LogP contribution in [-0.2, 0) is 9.53 Å². The summed E-state index contributed by atoms with van der Waals surface area (Å²) in [6.07, 6.45) is -1.32. The number of nitrogens with zero attached hydrogens (tertiary/aromatic N) is 1. The van der Waals surface area contributed by atoms with Crippen molar-refractivity contribution in [1.29, 1.82) is 0 Å². The fourth-order valence-corrected chi connectivity index (χ4v) is 6.43. The lowest BCUT2D eigenvalue weighted by molar-refractivity contribution is -0.119. The highest BCUT2D eigenvalue weighted by Gasteiger charge is 2.60. The molecule has 3 aliphatic rings. The molecule has 4 rings (SSSR count). The van der Waals surface area contributed by atoms with Crippen molar-refractivity contribution in [3.05, 3.63) is 29.3 Å². The van der Waals surface area contributed by atoms with E-state index in [1.54, 1.807) is 0 Å². The fourth-order valence-electron chi connectivity index (χ4n) is 4.15. The van der Waals surface area contributed by atoms with Crippen molar-refractivity contribution in [2.45, 2.75) is 18.9 Å². The summed E-state index contributed by atoms with van der Waals surface area (Å²) >= 11 is 0. The van der Waals surface area contributed by atoms with Crippen molar-refractivity contribution in [2.24, 2.45) is 11.8 Å². The molecular weight excluding hydrogens is 382 g/mol.